The number of benzene rings is 2. The minimum absolute atomic E-state index is 0.0656. The summed E-state index contributed by atoms with van der Waals surface area (Å²) in [6.45, 7) is 0. The number of anilines is 2. The summed E-state index contributed by atoms with van der Waals surface area (Å²) in [5.74, 6) is -0.220. The van der Waals surface area contributed by atoms with Crippen molar-refractivity contribution in [1.29, 1.82) is 0 Å². The van der Waals surface area contributed by atoms with Gasteiger partial charge in [0.2, 0.25) is 11.8 Å². The first-order chi connectivity index (χ1) is 16.9. The van der Waals surface area contributed by atoms with Crippen molar-refractivity contribution in [2.24, 2.45) is 0 Å². The molecule has 4 aromatic rings. The molecule has 0 unspecified atom stereocenters. The van der Waals surface area contributed by atoms with Crippen molar-refractivity contribution in [3.05, 3.63) is 72.4 Å². The number of rotatable bonds is 8. The van der Waals surface area contributed by atoms with Crippen molar-refractivity contribution in [2.45, 2.75) is 12.5 Å². The van der Waals surface area contributed by atoms with Crippen LogP contribution in [0.15, 0.2) is 66.9 Å². The van der Waals surface area contributed by atoms with E-state index in [0.717, 1.165) is 0 Å². The van der Waals surface area contributed by atoms with Gasteiger partial charge in [0, 0.05) is 23.9 Å². The van der Waals surface area contributed by atoms with Crippen LogP contribution in [-0.2, 0) is 9.53 Å². The Morgan fingerprint density at radius 2 is 1.77 bits per heavy atom. The van der Waals surface area contributed by atoms with E-state index < -0.39 is 18.0 Å². The van der Waals surface area contributed by atoms with Gasteiger partial charge in [0.25, 0.3) is 0 Å². The number of aromatic amines is 1. The molecule has 35 heavy (non-hydrogen) atoms. The van der Waals surface area contributed by atoms with E-state index in [9.17, 15) is 14.4 Å². The third-order valence-corrected chi connectivity index (χ3v) is 5.00. The predicted molar refractivity (Wildman–Crippen MR) is 128 cm³/mol. The van der Waals surface area contributed by atoms with E-state index in [2.05, 4.69) is 25.6 Å². The lowest BCUT2D eigenvalue weighted by Crippen LogP contribution is -2.44. The molecule has 0 aliphatic rings. The molecule has 2 aromatic heterocycles. The molecule has 0 saturated carbocycles. The Hall–Kier alpha value is -4.93. The van der Waals surface area contributed by atoms with E-state index in [1.54, 1.807) is 66.9 Å². The molecule has 1 atom stereocenters. The van der Waals surface area contributed by atoms with Crippen LogP contribution >= 0.6 is 0 Å². The zero-order valence-corrected chi connectivity index (χ0v) is 18.6. The molecular formula is C24H22N6O5. The van der Waals surface area contributed by atoms with Crippen LogP contribution in [0.3, 0.4) is 0 Å². The Labute approximate surface area is 199 Å². The molecular weight excluding hydrogens is 452 g/mol. The highest BCUT2D eigenvalue weighted by Gasteiger charge is 2.25. The van der Waals surface area contributed by atoms with Gasteiger partial charge in [0.1, 0.15) is 17.4 Å². The molecule has 11 nitrogen and oxygen atoms in total. The highest BCUT2D eigenvalue weighted by atomic mass is 16.5. The number of esters is 1. The van der Waals surface area contributed by atoms with E-state index in [1.807, 2.05) is 0 Å². The molecule has 0 spiro atoms. The number of fused-ring (bicyclic) bond motifs is 1. The van der Waals surface area contributed by atoms with Crippen LogP contribution < -0.4 is 21.1 Å². The van der Waals surface area contributed by atoms with Crippen molar-refractivity contribution >= 4 is 40.5 Å². The van der Waals surface area contributed by atoms with Crippen molar-refractivity contribution in [1.82, 2.24) is 20.3 Å². The quantitative estimate of drug-likeness (QED) is 0.223. The highest BCUT2D eigenvalue weighted by molar-refractivity contribution is 6.00. The number of aromatic nitrogens is 3. The molecule has 2 amide bonds. The minimum atomic E-state index is -1.15. The molecule has 178 valence electrons. The number of ketones is 1. The molecule has 5 N–H and O–H groups in total. The summed E-state index contributed by atoms with van der Waals surface area (Å²) in [6, 6.07) is 14.9. The van der Waals surface area contributed by atoms with Crippen LogP contribution in [0.1, 0.15) is 16.8 Å². The summed E-state index contributed by atoms with van der Waals surface area (Å²) in [6.07, 6.45) is 1.46. The number of hydrogen-bond acceptors (Lipinski definition) is 8. The fraction of sp³-hybridized carbons (Fsp3) is 0.125. The number of Topliss-reactive ketones (excluding diaryl/α,β-unsaturated/α-hetero) is 1. The second-order valence-electron chi connectivity index (χ2n) is 7.42. The topological polar surface area (TPSA) is 161 Å². The number of ether oxygens (including phenoxy) is 2. The van der Waals surface area contributed by atoms with Gasteiger partial charge in [-0.3, -0.25) is 4.79 Å². The van der Waals surface area contributed by atoms with Gasteiger partial charge in [-0.25, -0.2) is 9.59 Å². The third-order valence-electron chi connectivity index (χ3n) is 5.00. The first-order valence-corrected chi connectivity index (χ1v) is 10.5. The molecule has 2 heterocycles. The third kappa shape index (κ3) is 5.71. The first kappa shape index (κ1) is 23.2. The smallest absolute Gasteiger partial charge is 0.328 e. The molecule has 0 aliphatic heterocycles. The van der Waals surface area contributed by atoms with Crippen LogP contribution in [-0.4, -0.2) is 45.9 Å². The lowest BCUT2D eigenvalue weighted by molar-refractivity contribution is -0.142. The van der Waals surface area contributed by atoms with Gasteiger partial charge in [-0.1, -0.05) is 30.3 Å². The van der Waals surface area contributed by atoms with Crippen molar-refractivity contribution in [3.63, 3.8) is 0 Å². The summed E-state index contributed by atoms with van der Waals surface area (Å²) in [5, 5.41) is 5.76. The Bertz CT molecular complexity index is 1350. The highest BCUT2D eigenvalue weighted by Crippen LogP contribution is 2.28. The van der Waals surface area contributed by atoms with Crippen LogP contribution in [0.2, 0.25) is 0 Å². The van der Waals surface area contributed by atoms with Crippen LogP contribution in [0.25, 0.3) is 11.0 Å². The molecule has 0 radical (unpaired) electrons. The van der Waals surface area contributed by atoms with Gasteiger partial charge in [-0.2, -0.15) is 9.97 Å². The van der Waals surface area contributed by atoms with Crippen LogP contribution in [0.4, 0.5) is 16.4 Å². The average molecular weight is 474 g/mol. The van der Waals surface area contributed by atoms with Gasteiger partial charge < -0.3 is 30.8 Å². The van der Waals surface area contributed by atoms with Crippen molar-refractivity contribution < 1.29 is 23.9 Å². The van der Waals surface area contributed by atoms with E-state index in [0.29, 0.717) is 28.0 Å². The molecule has 2 aromatic carbocycles. The molecule has 0 saturated heterocycles. The fourth-order valence-corrected chi connectivity index (χ4v) is 3.31. The Morgan fingerprint density at radius 3 is 2.49 bits per heavy atom. The monoisotopic (exact) mass is 474 g/mol. The Morgan fingerprint density at radius 1 is 1.03 bits per heavy atom. The summed E-state index contributed by atoms with van der Waals surface area (Å²) in [7, 11) is 1.19. The standard InChI is InChI=1S/C24H22N6O5/c1-34-22(32)18(13-19(31)14-5-3-2-4-6-14)28-24(33)27-15-7-9-16(10-8-15)35-21-17-11-12-26-20(17)29-23(25)30-21/h2-12,18H,13H2,1H3,(H2,27,28,33)(H3,25,26,29,30)/t18-/m0/s1. The van der Waals surface area contributed by atoms with Gasteiger partial charge in [-0.15, -0.1) is 0 Å². The molecule has 4 rings (SSSR count). The second kappa shape index (κ2) is 10.3. The summed E-state index contributed by atoms with van der Waals surface area (Å²) >= 11 is 0. The number of hydrogen-bond donors (Lipinski definition) is 4. The number of methoxy groups -OCH3 is 1. The molecule has 0 aliphatic carbocycles. The number of nitrogens with zero attached hydrogens (tertiary/aromatic N) is 2. The minimum Gasteiger partial charge on any atom is -0.467 e. The number of carbonyl (C=O) groups is 3. The number of urea groups is 1. The normalized spacial score (nSPS) is 11.5. The van der Waals surface area contributed by atoms with E-state index in [-0.39, 0.29) is 24.0 Å². The summed E-state index contributed by atoms with van der Waals surface area (Å²) < 4.78 is 10.5. The lowest BCUT2D eigenvalue weighted by atomic mass is 10.0. The molecule has 0 fully saturated rings. The zero-order chi connectivity index (χ0) is 24.8. The van der Waals surface area contributed by atoms with Gasteiger partial charge in [0.15, 0.2) is 5.78 Å². The Kier molecular flexibility index (Phi) is 6.86. The maximum absolute atomic E-state index is 12.5. The number of amides is 2. The van der Waals surface area contributed by atoms with Crippen LogP contribution in [0.5, 0.6) is 11.6 Å². The van der Waals surface area contributed by atoms with E-state index in [1.165, 1.54) is 7.11 Å². The van der Waals surface area contributed by atoms with Gasteiger partial charge >= 0.3 is 12.0 Å². The number of H-pyrrole nitrogens is 1. The number of nitrogens with two attached hydrogens (primary N) is 1. The zero-order valence-electron chi connectivity index (χ0n) is 18.6. The van der Waals surface area contributed by atoms with Gasteiger partial charge in [-0.05, 0) is 30.3 Å². The number of carbonyl (C=O) groups excluding carboxylic acids is 3. The Balaban J connectivity index is 1.39. The number of nitrogens with one attached hydrogen (secondary N) is 3. The summed E-state index contributed by atoms with van der Waals surface area (Å²) in [4.78, 5) is 48.2. The van der Waals surface area contributed by atoms with Crippen molar-refractivity contribution in [3.8, 4) is 11.6 Å². The first-order valence-electron chi connectivity index (χ1n) is 10.5. The lowest BCUT2D eigenvalue weighted by Gasteiger charge is -2.16. The van der Waals surface area contributed by atoms with Gasteiger partial charge in [0.05, 0.1) is 12.5 Å². The van der Waals surface area contributed by atoms with Crippen LogP contribution in [0, 0.1) is 0 Å². The predicted octanol–water partition coefficient (Wildman–Crippen LogP) is 3.27. The van der Waals surface area contributed by atoms with Crippen molar-refractivity contribution in [2.75, 3.05) is 18.2 Å². The largest absolute Gasteiger partial charge is 0.467 e. The second-order valence-corrected chi connectivity index (χ2v) is 7.42. The molecule has 0 bridgehead atoms. The summed E-state index contributed by atoms with van der Waals surface area (Å²) in [5.41, 5.74) is 7.13. The maximum Gasteiger partial charge on any atom is 0.328 e. The average Bonchev–Trinajstić information content (AvgIpc) is 3.33. The fourth-order valence-electron chi connectivity index (χ4n) is 3.31. The van der Waals surface area contributed by atoms with E-state index >= 15 is 0 Å². The maximum atomic E-state index is 12.5. The SMILES string of the molecule is COC(=O)[C@H](CC(=O)c1ccccc1)NC(=O)Nc1ccc(Oc2nc(N)nc3[nH]ccc23)cc1. The number of nitrogen functional groups attached to an aromatic ring is 1. The molecule has 11 heteroatoms. The van der Waals surface area contributed by atoms with E-state index in [4.69, 9.17) is 15.2 Å².